The van der Waals surface area contributed by atoms with Crippen LogP contribution in [0.5, 0.6) is 11.5 Å². The summed E-state index contributed by atoms with van der Waals surface area (Å²) in [6.07, 6.45) is 0.492. The van der Waals surface area contributed by atoms with Gasteiger partial charge in [0, 0.05) is 49.4 Å². The second kappa shape index (κ2) is 17.7. The molecule has 0 bridgehead atoms. The Morgan fingerprint density at radius 3 is 1.25 bits per heavy atom. The van der Waals surface area contributed by atoms with Gasteiger partial charge >= 0.3 is 0 Å². The third-order valence-corrected chi connectivity index (χ3v) is 8.95. The van der Waals surface area contributed by atoms with Crippen molar-refractivity contribution in [1.82, 2.24) is 10.6 Å². The van der Waals surface area contributed by atoms with E-state index in [1.165, 1.54) is 15.9 Å². The lowest BCUT2D eigenvalue weighted by Crippen LogP contribution is -2.49. The molecular weight excluding hydrogens is 668 g/mol. The standard InChI is InChI=1S/C43H44N4O6/c1-29-24-32(40(48)44-38(26-30-12-8-6-9-13-30)42(50)46(2)34-16-20-36(52-4)21-17-34)28-33(25-29)41(49)45-39(27-31-14-10-7-11-15-31)43(51)47(3)35-18-22-37(53-5)23-19-35/h6-25,28,38-39H,26-27H2,1-5H3,(H,44,48)(H,45,49)/t38-,39-/m0/s1. The van der Waals surface area contributed by atoms with Gasteiger partial charge in [0.25, 0.3) is 11.8 Å². The van der Waals surface area contributed by atoms with Crippen molar-refractivity contribution in [3.8, 4) is 11.5 Å². The van der Waals surface area contributed by atoms with Crippen LogP contribution in [-0.2, 0) is 22.4 Å². The Hall–Kier alpha value is -6.42. The number of nitrogens with zero attached hydrogens (tertiary/aromatic N) is 2. The largest absolute Gasteiger partial charge is 0.497 e. The number of hydrogen-bond acceptors (Lipinski definition) is 6. The Morgan fingerprint density at radius 1 is 0.547 bits per heavy atom. The van der Waals surface area contributed by atoms with Gasteiger partial charge in [-0.2, -0.15) is 0 Å². The van der Waals surface area contributed by atoms with E-state index in [1.807, 2.05) is 60.7 Å². The molecule has 0 aliphatic heterocycles. The van der Waals surface area contributed by atoms with Crippen LogP contribution in [0, 0.1) is 6.92 Å². The SMILES string of the molecule is COc1ccc(N(C)C(=O)[C@H](Cc2ccccc2)NC(=O)c2cc(C)cc(C(=O)N[C@@H](Cc3ccccc3)C(=O)N(C)c3ccc(OC)cc3)c2)cc1. The molecule has 0 saturated carbocycles. The highest BCUT2D eigenvalue weighted by molar-refractivity contribution is 6.05. The Kier molecular flexibility index (Phi) is 12.6. The summed E-state index contributed by atoms with van der Waals surface area (Å²) >= 11 is 0. The maximum absolute atomic E-state index is 13.9. The molecule has 0 spiro atoms. The minimum absolute atomic E-state index is 0.203. The number of benzene rings is 5. The summed E-state index contributed by atoms with van der Waals surface area (Å²) in [6, 6.07) is 36.0. The average Bonchev–Trinajstić information content (AvgIpc) is 3.19. The summed E-state index contributed by atoms with van der Waals surface area (Å²) in [5, 5.41) is 5.85. The van der Waals surface area contributed by atoms with Gasteiger partial charge in [-0.3, -0.25) is 19.2 Å². The molecule has 10 heteroatoms. The number of anilines is 2. The molecule has 0 aliphatic carbocycles. The van der Waals surface area contributed by atoms with E-state index in [0.717, 1.165) is 11.1 Å². The fourth-order valence-corrected chi connectivity index (χ4v) is 5.96. The first-order valence-corrected chi connectivity index (χ1v) is 17.2. The summed E-state index contributed by atoms with van der Waals surface area (Å²) in [6.45, 7) is 1.78. The number of ether oxygens (including phenoxy) is 2. The van der Waals surface area contributed by atoms with Gasteiger partial charge in [0.05, 0.1) is 14.2 Å². The molecule has 2 atom stereocenters. The first-order chi connectivity index (χ1) is 25.6. The molecule has 2 N–H and O–H groups in total. The van der Waals surface area contributed by atoms with E-state index in [4.69, 9.17) is 9.47 Å². The number of aryl methyl sites for hydroxylation is 1. The van der Waals surface area contributed by atoms with Crippen molar-refractivity contribution >= 4 is 35.0 Å². The van der Waals surface area contributed by atoms with Crippen molar-refractivity contribution in [2.24, 2.45) is 0 Å². The Labute approximate surface area is 310 Å². The number of amides is 4. The highest BCUT2D eigenvalue weighted by atomic mass is 16.5. The summed E-state index contributed by atoms with van der Waals surface area (Å²) in [4.78, 5) is 58.6. The maximum Gasteiger partial charge on any atom is 0.251 e. The maximum atomic E-state index is 13.9. The molecule has 0 heterocycles. The molecule has 0 fully saturated rings. The van der Waals surface area contributed by atoms with Crippen molar-refractivity contribution in [3.05, 3.63) is 155 Å². The number of likely N-dealkylation sites (N-methyl/N-ethyl adjacent to an activating group) is 2. The first-order valence-electron chi connectivity index (χ1n) is 17.2. The minimum Gasteiger partial charge on any atom is -0.497 e. The molecule has 10 nitrogen and oxygen atoms in total. The zero-order valence-corrected chi connectivity index (χ0v) is 30.5. The van der Waals surface area contributed by atoms with Gasteiger partial charge in [-0.05, 0) is 90.3 Å². The topological polar surface area (TPSA) is 117 Å². The van der Waals surface area contributed by atoms with Crippen LogP contribution in [0.25, 0.3) is 0 Å². The predicted molar refractivity (Wildman–Crippen MR) is 207 cm³/mol. The Morgan fingerprint density at radius 2 is 0.906 bits per heavy atom. The molecule has 0 saturated heterocycles. The molecule has 5 aromatic carbocycles. The molecule has 0 aliphatic rings. The summed E-state index contributed by atoms with van der Waals surface area (Å²) in [5.41, 5.74) is 4.07. The fraction of sp³-hybridized carbons (Fsp3) is 0.209. The molecule has 5 rings (SSSR count). The molecule has 53 heavy (non-hydrogen) atoms. The molecule has 0 unspecified atom stereocenters. The number of carbonyl (C=O) groups excluding carboxylic acids is 4. The van der Waals surface area contributed by atoms with Crippen LogP contribution < -0.4 is 29.9 Å². The molecule has 0 aromatic heterocycles. The lowest BCUT2D eigenvalue weighted by molar-refractivity contribution is -0.120. The van der Waals surface area contributed by atoms with Crippen LogP contribution >= 0.6 is 0 Å². The number of carbonyl (C=O) groups is 4. The Bertz CT molecular complexity index is 1880. The van der Waals surface area contributed by atoms with Gasteiger partial charge in [-0.25, -0.2) is 0 Å². The lowest BCUT2D eigenvalue weighted by atomic mass is 10.0. The van der Waals surface area contributed by atoms with Gasteiger partial charge in [-0.15, -0.1) is 0 Å². The van der Waals surface area contributed by atoms with Crippen LogP contribution in [0.3, 0.4) is 0 Å². The predicted octanol–water partition coefficient (Wildman–Crippen LogP) is 6.02. The second-order valence-electron chi connectivity index (χ2n) is 12.7. The van der Waals surface area contributed by atoms with Gasteiger partial charge in [-0.1, -0.05) is 60.7 Å². The number of nitrogens with one attached hydrogen (secondary N) is 2. The average molecular weight is 713 g/mol. The van der Waals surface area contributed by atoms with Crippen molar-refractivity contribution in [3.63, 3.8) is 0 Å². The second-order valence-corrected chi connectivity index (χ2v) is 12.7. The van der Waals surface area contributed by atoms with Gasteiger partial charge in [0.1, 0.15) is 23.6 Å². The molecule has 272 valence electrons. The van der Waals surface area contributed by atoms with E-state index in [9.17, 15) is 19.2 Å². The van der Waals surface area contributed by atoms with E-state index < -0.39 is 23.9 Å². The van der Waals surface area contributed by atoms with Gasteiger partial charge < -0.3 is 29.9 Å². The van der Waals surface area contributed by atoms with E-state index in [-0.39, 0.29) is 35.8 Å². The van der Waals surface area contributed by atoms with E-state index in [0.29, 0.717) is 28.4 Å². The first kappa shape index (κ1) is 37.8. The van der Waals surface area contributed by atoms with Crippen LogP contribution in [0.2, 0.25) is 0 Å². The number of rotatable bonds is 14. The van der Waals surface area contributed by atoms with E-state index in [2.05, 4.69) is 10.6 Å². The Balaban J connectivity index is 1.38. The summed E-state index contributed by atoms with van der Waals surface area (Å²) in [7, 11) is 6.45. The lowest BCUT2D eigenvalue weighted by Gasteiger charge is -2.26. The quantitative estimate of drug-likeness (QED) is 0.146. The smallest absolute Gasteiger partial charge is 0.251 e. The van der Waals surface area contributed by atoms with Crippen molar-refractivity contribution in [1.29, 1.82) is 0 Å². The van der Waals surface area contributed by atoms with Crippen molar-refractivity contribution in [2.75, 3.05) is 38.1 Å². The van der Waals surface area contributed by atoms with Crippen LogP contribution in [-0.4, -0.2) is 64.0 Å². The zero-order chi connectivity index (χ0) is 37.9. The van der Waals surface area contributed by atoms with Crippen LogP contribution in [0.15, 0.2) is 127 Å². The van der Waals surface area contributed by atoms with E-state index in [1.54, 1.807) is 95.9 Å². The third kappa shape index (κ3) is 9.89. The third-order valence-electron chi connectivity index (χ3n) is 8.95. The van der Waals surface area contributed by atoms with Gasteiger partial charge in [0.2, 0.25) is 11.8 Å². The monoisotopic (exact) mass is 712 g/mol. The molecule has 5 aromatic rings. The summed E-state index contributed by atoms with van der Waals surface area (Å²) < 4.78 is 10.5. The normalized spacial score (nSPS) is 11.8. The van der Waals surface area contributed by atoms with E-state index >= 15 is 0 Å². The molecule has 0 radical (unpaired) electrons. The minimum atomic E-state index is -0.920. The molecular formula is C43H44N4O6. The van der Waals surface area contributed by atoms with Gasteiger partial charge in [0.15, 0.2) is 0 Å². The zero-order valence-electron chi connectivity index (χ0n) is 30.5. The number of hydrogen-bond donors (Lipinski definition) is 2. The van der Waals surface area contributed by atoms with Crippen LogP contribution in [0.1, 0.15) is 37.4 Å². The number of methoxy groups -OCH3 is 2. The highest BCUT2D eigenvalue weighted by Gasteiger charge is 2.28. The van der Waals surface area contributed by atoms with Crippen molar-refractivity contribution in [2.45, 2.75) is 31.8 Å². The van der Waals surface area contributed by atoms with Crippen LogP contribution in [0.4, 0.5) is 11.4 Å². The van der Waals surface area contributed by atoms with Crippen molar-refractivity contribution < 1.29 is 28.7 Å². The molecule has 4 amide bonds. The fourth-order valence-electron chi connectivity index (χ4n) is 5.96. The summed E-state index contributed by atoms with van der Waals surface area (Å²) in [5.74, 6) is -0.360. The highest BCUT2D eigenvalue weighted by Crippen LogP contribution is 2.22.